The average molecular weight is 445 g/mol. The summed E-state index contributed by atoms with van der Waals surface area (Å²) in [5.74, 6) is -0.161. The summed E-state index contributed by atoms with van der Waals surface area (Å²) in [7, 11) is -2.58. The van der Waals surface area contributed by atoms with E-state index in [0.29, 0.717) is 16.5 Å². The summed E-state index contributed by atoms with van der Waals surface area (Å²) in [5.41, 5.74) is 1.71. The zero-order valence-corrected chi connectivity index (χ0v) is 18.1. The Balaban J connectivity index is 1.98. The van der Waals surface area contributed by atoms with Crippen LogP contribution in [0.15, 0.2) is 77.7 Å². The van der Waals surface area contributed by atoms with Gasteiger partial charge in [-0.15, -0.1) is 0 Å². The van der Waals surface area contributed by atoms with Crippen LogP contribution in [0.25, 0.3) is 0 Å². The van der Waals surface area contributed by atoms with Gasteiger partial charge in [0.05, 0.1) is 17.7 Å². The number of rotatable bonds is 7. The molecule has 0 aliphatic rings. The molecule has 0 unspecified atom stereocenters. The number of hydrogen-bond acceptors (Lipinski definition) is 4. The lowest BCUT2D eigenvalue weighted by atomic mass is 10.2. The van der Waals surface area contributed by atoms with Crippen molar-refractivity contribution in [1.29, 1.82) is 0 Å². The number of carbonyl (C=O) groups excluding carboxylic acids is 1. The molecule has 0 atom stereocenters. The number of hydrogen-bond donors (Lipinski definition) is 1. The Morgan fingerprint density at radius 2 is 1.63 bits per heavy atom. The molecular formula is C22H21ClN2O4S. The molecule has 1 N–H and O–H groups in total. The first-order chi connectivity index (χ1) is 14.3. The van der Waals surface area contributed by atoms with E-state index in [9.17, 15) is 13.2 Å². The Morgan fingerprint density at radius 3 is 2.27 bits per heavy atom. The second kappa shape index (κ2) is 9.19. The molecule has 3 aromatic rings. The minimum atomic E-state index is -4.03. The summed E-state index contributed by atoms with van der Waals surface area (Å²) in [6.07, 6.45) is 0. The normalized spacial score (nSPS) is 11.0. The maximum atomic E-state index is 13.4. The highest BCUT2D eigenvalue weighted by Gasteiger charge is 2.29. The molecule has 8 heteroatoms. The Hall–Kier alpha value is -3.03. The van der Waals surface area contributed by atoms with Crippen LogP contribution in [0.2, 0.25) is 5.02 Å². The molecule has 0 aliphatic carbocycles. The number of para-hydroxylation sites is 2. The molecule has 0 aromatic heterocycles. The first-order valence-corrected chi connectivity index (χ1v) is 10.9. The first kappa shape index (κ1) is 21.7. The molecule has 0 heterocycles. The van der Waals surface area contributed by atoms with Crippen molar-refractivity contribution in [3.05, 3.63) is 83.4 Å². The van der Waals surface area contributed by atoms with Crippen LogP contribution in [-0.4, -0.2) is 28.0 Å². The third-order valence-electron chi connectivity index (χ3n) is 4.38. The zero-order valence-electron chi connectivity index (χ0n) is 16.5. The second-order valence-corrected chi connectivity index (χ2v) is 8.85. The van der Waals surface area contributed by atoms with Crippen LogP contribution in [0.1, 0.15) is 5.56 Å². The van der Waals surface area contributed by atoms with Gasteiger partial charge in [0.1, 0.15) is 12.3 Å². The van der Waals surface area contributed by atoms with Crippen molar-refractivity contribution in [2.45, 2.75) is 11.8 Å². The molecule has 0 fully saturated rings. The number of sulfonamides is 1. The van der Waals surface area contributed by atoms with E-state index in [1.807, 2.05) is 6.92 Å². The molecule has 0 spiro atoms. The monoisotopic (exact) mass is 444 g/mol. The highest BCUT2D eigenvalue weighted by atomic mass is 35.5. The van der Waals surface area contributed by atoms with E-state index in [-0.39, 0.29) is 10.6 Å². The quantitative estimate of drug-likeness (QED) is 0.582. The fraction of sp³-hybridized carbons (Fsp3) is 0.136. The van der Waals surface area contributed by atoms with Crippen molar-refractivity contribution in [2.24, 2.45) is 0 Å². The van der Waals surface area contributed by atoms with E-state index in [1.54, 1.807) is 60.7 Å². The molecule has 156 valence electrons. The summed E-state index contributed by atoms with van der Waals surface area (Å²) in [5, 5.41) is 3.23. The lowest BCUT2D eigenvalue weighted by Gasteiger charge is -2.25. The van der Waals surface area contributed by atoms with Crippen LogP contribution < -0.4 is 14.4 Å². The van der Waals surface area contributed by atoms with Crippen LogP contribution in [0.4, 0.5) is 11.4 Å². The lowest BCUT2D eigenvalue weighted by molar-refractivity contribution is -0.114. The average Bonchev–Trinajstić information content (AvgIpc) is 2.74. The van der Waals surface area contributed by atoms with Gasteiger partial charge in [-0.1, -0.05) is 41.4 Å². The predicted octanol–water partition coefficient (Wildman–Crippen LogP) is 4.49. The zero-order chi connectivity index (χ0) is 21.7. The lowest BCUT2D eigenvalue weighted by Crippen LogP contribution is -2.38. The van der Waals surface area contributed by atoms with Gasteiger partial charge in [-0.2, -0.15) is 0 Å². The highest BCUT2D eigenvalue weighted by Crippen LogP contribution is 2.32. The van der Waals surface area contributed by atoms with Crippen molar-refractivity contribution in [3.8, 4) is 5.75 Å². The van der Waals surface area contributed by atoms with Gasteiger partial charge in [-0.25, -0.2) is 8.42 Å². The molecule has 0 bridgehead atoms. The van der Waals surface area contributed by atoms with E-state index < -0.39 is 22.5 Å². The maximum Gasteiger partial charge on any atom is 0.264 e. The number of nitrogens with one attached hydrogen (secondary N) is 1. The highest BCUT2D eigenvalue weighted by molar-refractivity contribution is 7.92. The topological polar surface area (TPSA) is 75.7 Å². The summed E-state index contributed by atoms with van der Waals surface area (Å²) in [6.45, 7) is 1.44. The van der Waals surface area contributed by atoms with Gasteiger partial charge in [0.15, 0.2) is 0 Å². The number of aryl methyl sites for hydroxylation is 1. The van der Waals surface area contributed by atoms with Crippen LogP contribution in [0.5, 0.6) is 5.75 Å². The van der Waals surface area contributed by atoms with E-state index >= 15 is 0 Å². The minimum Gasteiger partial charge on any atom is -0.495 e. The van der Waals surface area contributed by atoms with Gasteiger partial charge in [0.2, 0.25) is 5.91 Å². The van der Waals surface area contributed by atoms with Crippen molar-refractivity contribution in [3.63, 3.8) is 0 Å². The molecule has 1 amide bonds. The number of halogens is 1. The van der Waals surface area contributed by atoms with Crippen molar-refractivity contribution in [2.75, 3.05) is 23.3 Å². The largest absolute Gasteiger partial charge is 0.495 e. The van der Waals surface area contributed by atoms with Gasteiger partial charge < -0.3 is 10.1 Å². The number of anilines is 2. The molecule has 0 saturated heterocycles. The SMILES string of the molecule is COc1ccccc1N(CC(=O)Nc1ccc(Cl)cc1)S(=O)(=O)c1ccc(C)cc1. The Bertz CT molecular complexity index is 1130. The third-order valence-corrected chi connectivity index (χ3v) is 6.40. The number of ether oxygens (including phenoxy) is 1. The van der Waals surface area contributed by atoms with Crippen LogP contribution in [0.3, 0.4) is 0 Å². The van der Waals surface area contributed by atoms with Crippen LogP contribution in [-0.2, 0) is 14.8 Å². The Kier molecular flexibility index (Phi) is 6.64. The van der Waals surface area contributed by atoms with E-state index in [4.69, 9.17) is 16.3 Å². The molecule has 3 aromatic carbocycles. The molecule has 0 radical (unpaired) electrons. The summed E-state index contributed by atoms with van der Waals surface area (Å²) < 4.78 is 33.2. The Morgan fingerprint density at radius 1 is 1.00 bits per heavy atom. The van der Waals surface area contributed by atoms with Crippen LogP contribution in [0, 0.1) is 6.92 Å². The number of nitrogens with zero attached hydrogens (tertiary/aromatic N) is 1. The number of benzene rings is 3. The standard InChI is InChI=1S/C22H21ClN2O4S/c1-16-7-13-19(14-8-16)30(27,28)25(20-5-3-4-6-21(20)29-2)15-22(26)24-18-11-9-17(23)10-12-18/h3-14H,15H2,1-2H3,(H,24,26). The summed E-state index contributed by atoms with van der Waals surface area (Å²) in [4.78, 5) is 12.8. The maximum absolute atomic E-state index is 13.4. The Labute approximate surface area is 181 Å². The van der Waals surface area contributed by atoms with Gasteiger partial charge in [0, 0.05) is 10.7 Å². The second-order valence-electron chi connectivity index (χ2n) is 6.55. The molecular weight excluding hydrogens is 424 g/mol. The summed E-state index contributed by atoms with van der Waals surface area (Å²) >= 11 is 5.87. The minimum absolute atomic E-state index is 0.0818. The number of methoxy groups -OCH3 is 1. The first-order valence-electron chi connectivity index (χ1n) is 9.09. The smallest absolute Gasteiger partial charge is 0.264 e. The van der Waals surface area contributed by atoms with E-state index in [1.165, 1.54) is 19.2 Å². The molecule has 0 aliphatic heterocycles. The van der Waals surface area contributed by atoms with Gasteiger partial charge in [0.25, 0.3) is 10.0 Å². The molecule has 6 nitrogen and oxygen atoms in total. The van der Waals surface area contributed by atoms with Gasteiger partial charge in [-0.3, -0.25) is 9.10 Å². The van der Waals surface area contributed by atoms with Gasteiger partial charge >= 0.3 is 0 Å². The number of carbonyl (C=O) groups is 1. The third kappa shape index (κ3) is 4.93. The van der Waals surface area contributed by atoms with E-state index in [0.717, 1.165) is 9.87 Å². The van der Waals surface area contributed by atoms with Crippen molar-refractivity contribution < 1.29 is 17.9 Å². The fourth-order valence-electron chi connectivity index (χ4n) is 2.84. The molecule has 3 rings (SSSR count). The van der Waals surface area contributed by atoms with Crippen LogP contribution >= 0.6 is 11.6 Å². The molecule has 0 saturated carbocycles. The van der Waals surface area contributed by atoms with Crippen molar-refractivity contribution in [1.82, 2.24) is 0 Å². The van der Waals surface area contributed by atoms with Gasteiger partial charge in [-0.05, 0) is 55.5 Å². The van der Waals surface area contributed by atoms with Crippen molar-refractivity contribution >= 4 is 38.9 Å². The molecule has 30 heavy (non-hydrogen) atoms. The summed E-state index contributed by atoms with van der Waals surface area (Å²) in [6, 6.07) is 19.7. The predicted molar refractivity (Wildman–Crippen MR) is 119 cm³/mol. The van der Waals surface area contributed by atoms with E-state index in [2.05, 4.69) is 5.32 Å². The number of amides is 1. The fourth-order valence-corrected chi connectivity index (χ4v) is 4.39.